The van der Waals surface area contributed by atoms with Crippen molar-refractivity contribution in [2.75, 3.05) is 13.1 Å². The fraction of sp³-hybridized carbons (Fsp3) is 0.357. The summed E-state index contributed by atoms with van der Waals surface area (Å²) >= 11 is 0. The van der Waals surface area contributed by atoms with Gasteiger partial charge < -0.3 is 41.9 Å². The van der Waals surface area contributed by atoms with Crippen molar-refractivity contribution in [3.05, 3.63) is 108 Å². The van der Waals surface area contributed by atoms with Crippen LogP contribution in [0.4, 0.5) is 0 Å². The van der Waals surface area contributed by atoms with Crippen molar-refractivity contribution < 1.29 is 24.0 Å². The summed E-state index contributed by atoms with van der Waals surface area (Å²) in [6.07, 6.45) is 6.51. The van der Waals surface area contributed by atoms with Crippen molar-refractivity contribution >= 4 is 51.3 Å². The Morgan fingerprint density at radius 1 is 0.582 bits per heavy atom. The van der Waals surface area contributed by atoms with E-state index >= 15 is 0 Å². The summed E-state index contributed by atoms with van der Waals surface area (Å²) < 4.78 is 0. The average molecular weight is 745 g/mol. The van der Waals surface area contributed by atoms with Gasteiger partial charge in [0.15, 0.2) is 0 Å². The summed E-state index contributed by atoms with van der Waals surface area (Å²) in [5.74, 6) is -2.51. The molecule has 286 valence electrons. The quantitative estimate of drug-likeness (QED) is 0.108. The molecule has 0 unspecified atom stereocenters. The van der Waals surface area contributed by atoms with E-state index in [1.54, 1.807) is 0 Å². The number of amides is 5. The number of nitrogens with two attached hydrogens (primary N) is 1. The number of nitrogens with one attached hydrogen (secondary N) is 6. The molecule has 5 atom stereocenters. The van der Waals surface area contributed by atoms with E-state index in [9.17, 15) is 24.0 Å². The lowest BCUT2D eigenvalue weighted by atomic mass is 10.00. The Kier molecular flexibility index (Phi) is 11.6. The van der Waals surface area contributed by atoms with E-state index in [1.165, 1.54) is 4.90 Å². The zero-order chi connectivity index (χ0) is 38.3. The van der Waals surface area contributed by atoms with Gasteiger partial charge in [-0.25, -0.2) is 0 Å². The zero-order valence-electron chi connectivity index (χ0n) is 30.7. The first-order chi connectivity index (χ1) is 26.8. The van der Waals surface area contributed by atoms with Crippen LogP contribution in [-0.4, -0.2) is 87.7 Å². The van der Waals surface area contributed by atoms with Gasteiger partial charge in [0.2, 0.25) is 29.5 Å². The van der Waals surface area contributed by atoms with Crippen molar-refractivity contribution in [3.63, 3.8) is 0 Å². The summed E-state index contributed by atoms with van der Waals surface area (Å²) in [7, 11) is 0. The maximum Gasteiger partial charge on any atom is 0.246 e. The molecule has 13 heteroatoms. The molecule has 0 radical (unpaired) electrons. The van der Waals surface area contributed by atoms with E-state index in [0.29, 0.717) is 38.8 Å². The van der Waals surface area contributed by atoms with Crippen LogP contribution in [-0.2, 0) is 43.2 Å². The van der Waals surface area contributed by atoms with Crippen LogP contribution in [0, 0.1) is 0 Å². The smallest absolute Gasteiger partial charge is 0.246 e. The van der Waals surface area contributed by atoms with Crippen molar-refractivity contribution in [2.24, 2.45) is 5.73 Å². The molecule has 2 saturated heterocycles. The third-order valence-corrected chi connectivity index (χ3v) is 10.8. The van der Waals surface area contributed by atoms with Crippen LogP contribution in [0.25, 0.3) is 21.8 Å². The third-order valence-electron chi connectivity index (χ3n) is 10.8. The van der Waals surface area contributed by atoms with E-state index < -0.39 is 59.7 Å². The lowest BCUT2D eigenvalue weighted by Crippen LogP contribution is -2.59. The van der Waals surface area contributed by atoms with E-state index in [-0.39, 0.29) is 25.7 Å². The second kappa shape index (κ2) is 17.0. The predicted octanol–water partition coefficient (Wildman–Crippen LogP) is 2.75. The van der Waals surface area contributed by atoms with Crippen LogP contribution < -0.4 is 27.0 Å². The second-order valence-electron chi connectivity index (χ2n) is 14.5. The van der Waals surface area contributed by atoms with Crippen molar-refractivity contribution in [1.82, 2.24) is 36.1 Å². The van der Waals surface area contributed by atoms with Gasteiger partial charge in [0.05, 0.1) is 0 Å². The largest absolute Gasteiger partial charge is 0.361 e. The monoisotopic (exact) mass is 744 g/mol. The molecule has 5 amide bonds. The first-order valence-electron chi connectivity index (χ1n) is 19.1. The van der Waals surface area contributed by atoms with Crippen LogP contribution in [0.15, 0.2) is 91.3 Å². The molecule has 2 aliphatic heterocycles. The van der Waals surface area contributed by atoms with Crippen LogP contribution >= 0.6 is 0 Å². The number of nitrogens with zero attached hydrogens (tertiary/aromatic N) is 1. The molecule has 4 heterocycles. The number of aromatic nitrogens is 2. The molecule has 2 aliphatic rings. The molecule has 7 rings (SSSR count). The van der Waals surface area contributed by atoms with Gasteiger partial charge in [-0.3, -0.25) is 24.0 Å². The Balaban J connectivity index is 1.28. The summed E-state index contributed by atoms with van der Waals surface area (Å²) in [5.41, 5.74) is 9.97. The highest BCUT2D eigenvalue weighted by Crippen LogP contribution is 2.24. The van der Waals surface area contributed by atoms with E-state index in [1.807, 2.05) is 91.3 Å². The van der Waals surface area contributed by atoms with E-state index in [0.717, 1.165) is 38.5 Å². The number of H-pyrrole nitrogens is 2. The van der Waals surface area contributed by atoms with Gasteiger partial charge in [0, 0.05) is 60.0 Å². The highest BCUT2D eigenvalue weighted by Gasteiger charge is 2.41. The maximum atomic E-state index is 14.6. The number of hydrogen-bond donors (Lipinski definition) is 7. The van der Waals surface area contributed by atoms with Crippen LogP contribution in [0.5, 0.6) is 0 Å². The molecule has 0 bridgehead atoms. The maximum absolute atomic E-state index is 14.6. The molecule has 0 aliphatic carbocycles. The minimum absolute atomic E-state index is 0.114. The molecule has 55 heavy (non-hydrogen) atoms. The molecule has 0 saturated carbocycles. The Morgan fingerprint density at radius 2 is 1.11 bits per heavy atom. The average Bonchev–Trinajstić information content (AvgIpc) is 3.96. The van der Waals surface area contributed by atoms with Crippen molar-refractivity contribution in [1.29, 1.82) is 0 Å². The summed E-state index contributed by atoms with van der Waals surface area (Å²) in [6, 6.07) is 19.6. The molecule has 5 aromatic rings. The van der Waals surface area contributed by atoms with Crippen LogP contribution in [0.1, 0.15) is 48.8 Å². The van der Waals surface area contributed by atoms with Gasteiger partial charge in [-0.15, -0.1) is 0 Å². The number of fused-ring (bicyclic) bond motifs is 3. The molecule has 8 N–H and O–H groups in total. The second-order valence-corrected chi connectivity index (χ2v) is 14.5. The lowest BCUT2D eigenvalue weighted by molar-refractivity contribution is -0.142. The number of carbonyl (C=O) groups is 5. The molecule has 3 aromatic carbocycles. The topological polar surface area (TPSA) is 194 Å². The first kappa shape index (κ1) is 37.4. The fourth-order valence-electron chi connectivity index (χ4n) is 7.86. The first-order valence-corrected chi connectivity index (χ1v) is 19.1. The lowest BCUT2D eigenvalue weighted by Gasteiger charge is -2.30. The Labute approximate surface area is 319 Å². The number of carbonyl (C=O) groups excluding carboxylic acids is 5. The number of aromatic amines is 2. The molecule has 13 nitrogen and oxygen atoms in total. The molecule has 0 spiro atoms. The highest BCUT2D eigenvalue weighted by molar-refractivity contribution is 5.99. The number of unbranched alkanes of at least 4 members (excludes halogenated alkanes) is 1. The molecular formula is C42H48N8O5. The Hall–Kier alpha value is -5.95. The Bertz CT molecular complexity index is 2160. The van der Waals surface area contributed by atoms with Gasteiger partial charge in [0.1, 0.15) is 30.2 Å². The van der Waals surface area contributed by atoms with Gasteiger partial charge in [-0.05, 0) is 67.5 Å². The third kappa shape index (κ3) is 8.57. The predicted molar refractivity (Wildman–Crippen MR) is 210 cm³/mol. The normalized spacial score (nSPS) is 22.7. The standard InChI is InChI=1S/C42H48N8O5/c43-19-9-8-17-33-38(51)48-35(22-27-24-44-31-15-6-4-13-29(27)31)40(53)47-34(21-26-11-2-1-3-12-26)39(52)49-36(23-28-25-45-32-16-7-5-14-30(28)32)42(55)50-20-10-18-37(50)41(54)46-33/h1-7,11-16,24-25,33-37,44-45H,8-10,17-23,43H2,(H,46,54)(H,47,53)(H,48,51)(H,49,52)/t33-,34+,35-,36-,37+/m1/s1. The molecule has 2 aromatic heterocycles. The van der Waals surface area contributed by atoms with Gasteiger partial charge in [-0.1, -0.05) is 66.7 Å². The van der Waals surface area contributed by atoms with Crippen molar-refractivity contribution in [2.45, 2.75) is 81.6 Å². The highest BCUT2D eigenvalue weighted by atomic mass is 16.2. The van der Waals surface area contributed by atoms with Crippen LogP contribution in [0.2, 0.25) is 0 Å². The fourth-order valence-corrected chi connectivity index (χ4v) is 7.86. The number of benzene rings is 3. The van der Waals surface area contributed by atoms with Gasteiger partial charge in [-0.2, -0.15) is 0 Å². The van der Waals surface area contributed by atoms with Gasteiger partial charge >= 0.3 is 0 Å². The number of rotatable bonds is 10. The SMILES string of the molecule is NCCCC[C@H]1NC(=O)[C@@H]2CCCN2C(=O)[C@@H](Cc2c[nH]c3ccccc23)NC(=O)[C@H](Cc2ccccc2)NC(=O)[C@@H](Cc2c[nH]c3ccccc23)NC1=O. The minimum Gasteiger partial charge on any atom is -0.361 e. The minimum atomic E-state index is -1.11. The summed E-state index contributed by atoms with van der Waals surface area (Å²) in [4.78, 5) is 79.7. The number of hydrogen-bond acceptors (Lipinski definition) is 6. The van der Waals surface area contributed by atoms with E-state index in [2.05, 4.69) is 31.2 Å². The molecular weight excluding hydrogens is 697 g/mol. The van der Waals surface area contributed by atoms with Gasteiger partial charge in [0.25, 0.3) is 0 Å². The molecule has 2 fully saturated rings. The zero-order valence-corrected chi connectivity index (χ0v) is 30.7. The summed E-state index contributed by atoms with van der Waals surface area (Å²) in [5, 5.41) is 13.6. The summed E-state index contributed by atoms with van der Waals surface area (Å²) in [6.45, 7) is 0.735. The van der Waals surface area contributed by atoms with Crippen molar-refractivity contribution in [3.8, 4) is 0 Å². The van der Waals surface area contributed by atoms with E-state index in [4.69, 9.17) is 5.73 Å². The number of para-hydroxylation sites is 2. The Morgan fingerprint density at radius 3 is 1.75 bits per heavy atom. The van der Waals surface area contributed by atoms with Crippen LogP contribution in [0.3, 0.4) is 0 Å².